The van der Waals surface area contributed by atoms with Gasteiger partial charge in [-0.2, -0.15) is 4.98 Å². The second-order valence-electron chi connectivity index (χ2n) is 10.8. The second kappa shape index (κ2) is 8.37. The average Bonchev–Trinajstić information content (AvgIpc) is 3.28. The first-order chi connectivity index (χ1) is 17.8. The first-order valence-corrected chi connectivity index (χ1v) is 12.4. The van der Waals surface area contributed by atoms with Gasteiger partial charge in [0.15, 0.2) is 5.65 Å². The molecule has 6 aromatic rings. The number of aromatic nitrogens is 4. The number of para-hydroxylation sites is 1. The summed E-state index contributed by atoms with van der Waals surface area (Å²) in [6.07, 6.45) is 1.75. The summed E-state index contributed by atoms with van der Waals surface area (Å²) in [5.74, 6) is 1.14. The van der Waals surface area contributed by atoms with E-state index in [1.165, 1.54) is 5.56 Å². The van der Waals surface area contributed by atoms with Gasteiger partial charge in [-0.25, -0.2) is 4.98 Å². The molecule has 7 heteroatoms. The smallest absolute Gasteiger partial charge is 0.243 e. The number of imidazole rings is 1. The van der Waals surface area contributed by atoms with E-state index in [1.807, 2.05) is 48.5 Å². The topological polar surface area (TPSA) is 72.5 Å². The van der Waals surface area contributed by atoms with Gasteiger partial charge in [0.2, 0.25) is 11.8 Å². The Morgan fingerprint density at radius 3 is 2.29 bits per heavy atom. The number of fused-ring (bicyclic) bond motifs is 3. The molecule has 0 atom stereocenters. The van der Waals surface area contributed by atoms with Crippen molar-refractivity contribution in [3.05, 3.63) is 90.3 Å². The van der Waals surface area contributed by atoms with Crippen LogP contribution < -0.4 is 4.74 Å². The van der Waals surface area contributed by atoms with Crippen molar-refractivity contribution in [3.8, 4) is 28.9 Å². The molecule has 0 spiro atoms. The Morgan fingerprint density at radius 2 is 1.50 bits per heavy atom. The molecule has 0 aliphatic carbocycles. The molecular formula is C31H26N4O2Pt. The number of phenolic OH excluding ortho intramolecular Hbond substituents is 1. The Balaban J connectivity index is 0.00000264. The monoisotopic (exact) mass is 681 g/mol. The van der Waals surface area contributed by atoms with E-state index in [4.69, 9.17) is 14.7 Å². The summed E-state index contributed by atoms with van der Waals surface area (Å²) in [5, 5.41) is 13.8. The summed E-state index contributed by atoms with van der Waals surface area (Å²) >= 11 is 0. The van der Waals surface area contributed by atoms with Crippen LogP contribution in [0.1, 0.15) is 39.0 Å². The van der Waals surface area contributed by atoms with Gasteiger partial charge in [-0.3, -0.25) is 9.38 Å². The van der Waals surface area contributed by atoms with Crippen molar-refractivity contribution in [1.82, 2.24) is 19.4 Å². The molecule has 0 bridgehead atoms. The third-order valence-corrected chi connectivity index (χ3v) is 8.34. The zero-order valence-electron chi connectivity index (χ0n) is 21.5. The van der Waals surface area contributed by atoms with Crippen molar-refractivity contribution in [2.75, 3.05) is 0 Å². The number of hydrogen-bond acceptors (Lipinski definition) is 5. The molecule has 1 aliphatic heterocycles. The van der Waals surface area contributed by atoms with Crippen LogP contribution in [0.3, 0.4) is 0 Å². The largest absolute Gasteiger partial charge is 0.507 e. The Labute approximate surface area is 234 Å². The summed E-state index contributed by atoms with van der Waals surface area (Å²) in [6.45, 7) is 9.02. The van der Waals surface area contributed by atoms with Crippen LogP contribution in [0.4, 0.5) is 0 Å². The maximum absolute atomic E-state index is 11.0. The Kier molecular flexibility index (Phi) is 5.41. The van der Waals surface area contributed by atoms with E-state index >= 15 is 0 Å². The zero-order valence-corrected chi connectivity index (χ0v) is 23.7. The number of aromatic hydroxyl groups is 1. The van der Waals surface area contributed by atoms with E-state index in [-0.39, 0.29) is 37.6 Å². The molecule has 0 saturated heterocycles. The molecule has 2 aromatic carbocycles. The summed E-state index contributed by atoms with van der Waals surface area (Å²) in [7, 11) is 0. The molecule has 7 rings (SSSR count). The normalized spacial score (nSPS) is 15.2. The molecule has 0 fully saturated rings. The van der Waals surface area contributed by atoms with Gasteiger partial charge in [0, 0.05) is 49.5 Å². The minimum absolute atomic E-state index is 0. The predicted molar refractivity (Wildman–Crippen MR) is 145 cm³/mol. The van der Waals surface area contributed by atoms with Crippen molar-refractivity contribution in [1.29, 1.82) is 0 Å². The van der Waals surface area contributed by atoms with Crippen LogP contribution in [-0.4, -0.2) is 24.5 Å². The van der Waals surface area contributed by atoms with Crippen molar-refractivity contribution in [2.45, 2.75) is 38.5 Å². The minimum Gasteiger partial charge on any atom is -0.507 e. The maximum Gasteiger partial charge on any atom is 0.243 e. The third kappa shape index (κ3) is 3.19. The number of hydrogen-bond donors (Lipinski definition) is 1. The zero-order chi connectivity index (χ0) is 25.5. The van der Waals surface area contributed by atoms with E-state index in [1.54, 1.807) is 12.3 Å². The molecule has 192 valence electrons. The van der Waals surface area contributed by atoms with E-state index in [2.05, 4.69) is 55.3 Å². The first-order valence-electron chi connectivity index (χ1n) is 12.4. The van der Waals surface area contributed by atoms with Crippen LogP contribution in [0.2, 0.25) is 0 Å². The summed E-state index contributed by atoms with van der Waals surface area (Å²) in [5.41, 5.74) is 4.93. The van der Waals surface area contributed by atoms with Crippen LogP contribution in [0.25, 0.3) is 38.7 Å². The number of pyridine rings is 3. The Bertz CT molecular complexity index is 1880. The van der Waals surface area contributed by atoms with E-state index in [9.17, 15) is 5.11 Å². The summed E-state index contributed by atoms with van der Waals surface area (Å²) in [6, 6.07) is 23.5. The quantitative estimate of drug-likeness (QED) is 0.201. The molecule has 0 amide bonds. The third-order valence-electron chi connectivity index (χ3n) is 8.34. The number of rotatable bonds is 3. The van der Waals surface area contributed by atoms with Crippen LogP contribution in [0, 0.1) is 0 Å². The van der Waals surface area contributed by atoms with Gasteiger partial charge < -0.3 is 9.84 Å². The molecular weight excluding hydrogens is 655 g/mol. The second-order valence-corrected chi connectivity index (χ2v) is 10.8. The molecule has 0 radical (unpaired) electrons. The molecule has 0 saturated carbocycles. The van der Waals surface area contributed by atoms with Crippen molar-refractivity contribution >= 4 is 27.3 Å². The van der Waals surface area contributed by atoms with E-state index < -0.39 is 0 Å². The van der Waals surface area contributed by atoms with Gasteiger partial charge in [0.1, 0.15) is 5.75 Å². The van der Waals surface area contributed by atoms with Crippen LogP contribution in [0.15, 0.2) is 79.0 Å². The summed E-state index contributed by atoms with van der Waals surface area (Å²) in [4.78, 5) is 14.2. The van der Waals surface area contributed by atoms with Gasteiger partial charge in [0.25, 0.3) is 0 Å². The van der Waals surface area contributed by atoms with Gasteiger partial charge in [-0.15, -0.1) is 0 Å². The number of ether oxygens (including phenoxy) is 1. The molecule has 4 aromatic heterocycles. The Hall–Kier alpha value is -3.76. The van der Waals surface area contributed by atoms with Gasteiger partial charge in [-0.1, -0.05) is 70.2 Å². The fourth-order valence-electron chi connectivity index (χ4n) is 5.77. The van der Waals surface area contributed by atoms with E-state index in [0.717, 1.165) is 33.4 Å². The fraction of sp³-hybridized carbons (Fsp3) is 0.194. The van der Waals surface area contributed by atoms with Crippen molar-refractivity contribution in [2.24, 2.45) is 0 Å². The van der Waals surface area contributed by atoms with Crippen LogP contribution in [-0.2, 0) is 31.9 Å². The summed E-state index contributed by atoms with van der Waals surface area (Å²) < 4.78 is 8.68. The van der Waals surface area contributed by atoms with Crippen molar-refractivity contribution in [3.63, 3.8) is 0 Å². The molecule has 6 nitrogen and oxygen atoms in total. The molecule has 1 aliphatic rings. The first kappa shape index (κ1) is 24.6. The predicted octanol–water partition coefficient (Wildman–Crippen LogP) is 7.16. The van der Waals surface area contributed by atoms with E-state index in [0.29, 0.717) is 22.8 Å². The van der Waals surface area contributed by atoms with Crippen molar-refractivity contribution < 1.29 is 30.9 Å². The number of phenols is 1. The van der Waals surface area contributed by atoms with Gasteiger partial charge in [0.05, 0.1) is 28.0 Å². The Morgan fingerprint density at radius 1 is 0.763 bits per heavy atom. The maximum atomic E-state index is 11.0. The molecule has 5 heterocycles. The molecule has 38 heavy (non-hydrogen) atoms. The fourth-order valence-corrected chi connectivity index (χ4v) is 5.77. The van der Waals surface area contributed by atoms with Gasteiger partial charge in [-0.05, 0) is 35.2 Å². The average molecular weight is 682 g/mol. The molecule has 1 N–H and O–H groups in total. The number of benzene rings is 2. The standard InChI is InChI=1S/C31H26N4O2.Pt/c1-30(2)20-12-7-11-19-18-10-8-15-23(36)25(18)28-34-29(27(31(30,3)4)35(28)26(19)20)37-24-16-9-14-22(33-24)21-13-5-6-17-32-21;/h5-17,36H,1-4H3;. The molecule has 0 unspecified atom stereocenters. The minimum atomic E-state index is -0.348. The van der Waals surface area contributed by atoms with Gasteiger partial charge >= 0.3 is 0 Å². The SMILES string of the molecule is CC1(C)c2cccc3c4cccc(O)c4c4nc(Oc5cccc(-c6ccccn6)n5)c(n4c23)C1(C)C.[Pt]. The van der Waals surface area contributed by atoms with Crippen LogP contribution >= 0.6 is 0 Å². The number of nitrogens with zero attached hydrogens (tertiary/aromatic N) is 4. The van der Waals surface area contributed by atoms with Crippen LogP contribution in [0.5, 0.6) is 17.5 Å².